The predicted molar refractivity (Wildman–Crippen MR) is 79.4 cm³/mol. The maximum atomic E-state index is 12.6. The van der Waals surface area contributed by atoms with Crippen molar-refractivity contribution in [1.82, 2.24) is 0 Å². The Morgan fingerprint density at radius 3 is 2.38 bits per heavy atom. The molecule has 1 aromatic carbocycles. The molecule has 1 aromatic rings. The quantitative estimate of drug-likeness (QED) is 0.926. The number of rotatable bonds is 3. The number of hydrogen-bond acceptors (Lipinski definition) is 3. The number of carbonyl (C=O) groups is 2. The van der Waals surface area contributed by atoms with Gasteiger partial charge in [0.25, 0.3) is 0 Å². The minimum Gasteiger partial charge on any atom is -0.550 e. The largest absolute Gasteiger partial charge is 0.550 e. The van der Waals surface area contributed by atoms with E-state index in [2.05, 4.69) is 5.32 Å². The number of nitrogens with one attached hydrogen (secondary N) is 1. The van der Waals surface area contributed by atoms with E-state index in [-0.39, 0.29) is 11.8 Å². The standard InChI is InChI=1S/C17H23NO3/c1-11-7-5-6-8-13(11)18-14(19)12-9-10-17(4,15(20)21)16(12,2)3/h5-8,12H,9-10H2,1-4H3,(H,18,19)(H,20,21)/p-1/t12-,17+/m1/s1. The molecule has 1 amide bonds. The fraction of sp³-hybridized carbons (Fsp3) is 0.529. The van der Waals surface area contributed by atoms with Crippen LogP contribution in [0, 0.1) is 23.7 Å². The number of benzene rings is 1. The van der Waals surface area contributed by atoms with Gasteiger partial charge in [-0.15, -0.1) is 0 Å². The lowest BCUT2D eigenvalue weighted by molar-refractivity contribution is -0.323. The zero-order chi connectivity index (χ0) is 15.8. The van der Waals surface area contributed by atoms with Gasteiger partial charge in [0.1, 0.15) is 0 Å². The van der Waals surface area contributed by atoms with Gasteiger partial charge < -0.3 is 15.2 Å². The van der Waals surface area contributed by atoms with Gasteiger partial charge in [-0.05, 0) is 36.8 Å². The highest BCUT2D eigenvalue weighted by Gasteiger charge is 2.54. The van der Waals surface area contributed by atoms with E-state index in [4.69, 9.17) is 0 Å². The van der Waals surface area contributed by atoms with Crippen molar-refractivity contribution in [3.05, 3.63) is 29.8 Å². The van der Waals surface area contributed by atoms with Crippen molar-refractivity contribution in [2.45, 2.75) is 40.5 Å². The summed E-state index contributed by atoms with van der Waals surface area (Å²) in [4.78, 5) is 24.0. The number of aryl methyl sites for hydroxylation is 1. The number of carbonyl (C=O) groups excluding carboxylic acids is 2. The third kappa shape index (κ3) is 2.43. The minimum absolute atomic E-state index is 0.112. The van der Waals surface area contributed by atoms with Gasteiger partial charge in [0.2, 0.25) is 5.91 Å². The van der Waals surface area contributed by atoms with Crippen molar-refractivity contribution in [1.29, 1.82) is 0 Å². The maximum Gasteiger partial charge on any atom is 0.228 e. The molecule has 2 rings (SSSR count). The lowest BCUT2D eigenvalue weighted by atomic mass is 9.65. The second-order valence-electron chi connectivity index (χ2n) is 6.74. The van der Waals surface area contributed by atoms with E-state index in [1.54, 1.807) is 6.92 Å². The van der Waals surface area contributed by atoms with Crippen molar-refractivity contribution in [2.24, 2.45) is 16.7 Å². The Kier molecular flexibility index (Phi) is 3.83. The van der Waals surface area contributed by atoms with Gasteiger partial charge in [0, 0.05) is 23.0 Å². The van der Waals surface area contributed by atoms with E-state index in [1.807, 2.05) is 45.0 Å². The van der Waals surface area contributed by atoms with Crippen molar-refractivity contribution < 1.29 is 14.7 Å². The van der Waals surface area contributed by atoms with Crippen molar-refractivity contribution in [3.63, 3.8) is 0 Å². The number of carboxylic acid groups (broad SMARTS) is 1. The lowest BCUT2D eigenvalue weighted by Crippen LogP contribution is -2.49. The van der Waals surface area contributed by atoms with E-state index in [9.17, 15) is 14.7 Å². The van der Waals surface area contributed by atoms with Gasteiger partial charge >= 0.3 is 0 Å². The highest BCUT2D eigenvalue weighted by Crippen LogP contribution is 2.55. The molecule has 0 bridgehead atoms. The van der Waals surface area contributed by atoms with E-state index >= 15 is 0 Å². The minimum atomic E-state index is -1.07. The van der Waals surface area contributed by atoms with E-state index in [0.29, 0.717) is 12.8 Å². The Morgan fingerprint density at radius 2 is 1.86 bits per heavy atom. The summed E-state index contributed by atoms with van der Waals surface area (Å²) in [5.41, 5.74) is 0.156. The number of carboxylic acids is 1. The molecule has 0 spiro atoms. The summed E-state index contributed by atoms with van der Waals surface area (Å²) in [7, 11) is 0. The SMILES string of the molecule is Cc1ccccc1NC(=O)[C@H]1CC[C@@](C)(C(=O)[O-])C1(C)C. The summed E-state index contributed by atoms with van der Waals surface area (Å²) < 4.78 is 0. The molecule has 0 aromatic heterocycles. The molecule has 0 heterocycles. The van der Waals surface area contributed by atoms with Crippen LogP contribution in [0.5, 0.6) is 0 Å². The first-order valence-electron chi connectivity index (χ1n) is 7.28. The monoisotopic (exact) mass is 288 g/mol. The molecule has 0 radical (unpaired) electrons. The molecule has 4 heteroatoms. The van der Waals surface area contributed by atoms with Gasteiger partial charge in [0.15, 0.2) is 0 Å². The maximum absolute atomic E-state index is 12.6. The van der Waals surface area contributed by atoms with Gasteiger partial charge in [-0.2, -0.15) is 0 Å². The molecule has 0 saturated heterocycles. The number of aliphatic carboxylic acids is 1. The van der Waals surface area contributed by atoms with Crippen LogP contribution in [0.4, 0.5) is 5.69 Å². The molecular weight excluding hydrogens is 266 g/mol. The molecular formula is C17H22NO3-. The van der Waals surface area contributed by atoms with Gasteiger partial charge in [0.05, 0.1) is 0 Å². The van der Waals surface area contributed by atoms with Crippen LogP contribution in [0.25, 0.3) is 0 Å². The van der Waals surface area contributed by atoms with Crippen molar-refractivity contribution in [2.75, 3.05) is 5.32 Å². The zero-order valence-electron chi connectivity index (χ0n) is 13.0. The Labute approximate surface area is 125 Å². The number of amides is 1. The Bertz CT molecular complexity index is 579. The van der Waals surface area contributed by atoms with Crippen LogP contribution in [0.1, 0.15) is 39.2 Å². The fourth-order valence-corrected chi connectivity index (χ4v) is 3.26. The van der Waals surface area contributed by atoms with E-state index < -0.39 is 16.8 Å². The van der Waals surface area contributed by atoms with Crippen LogP contribution in [0.3, 0.4) is 0 Å². The molecule has 0 aliphatic heterocycles. The molecule has 1 aliphatic carbocycles. The highest BCUT2D eigenvalue weighted by molar-refractivity contribution is 5.94. The summed E-state index contributed by atoms with van der Waals surface area (Å²) in [5.74, 6) is -1.52. The zero-order valence-corrected chi connectivity index (χ0v) is 13.0. The molecule has 1 N–H and O–H groups in total. The lowest BCUT2D eigenvalue weighted by Gasteiger charge is -2.41. The van der Waals surface area contributed by atoms with Crippen molar-refractivity contribution in [3.8, 4) is 0 Å². The van der Waals surface area contributed by atoms with E-state index in [0.717, 1.165) is 11.3 Å². The Morgan fingerprint density at radius 1 is 1.24 bits per heavy atom. The van der Waals surface area contributed by atoms with Crippen LogP contribution in [0.15, 0.2) is 24.3 Å². The van der Waals surface area contributed by atoms with Gasteiger partial charge in [-0.1, -0.05) is 39.0 Å². The first kappa shape index (κ1) is 15.5. The third-order valence-electron chi connectivity index (χ3n) is 5.40. The fourth-order valence-electron chi connectivity index (χ4n) is 3.26. The second-order valence-corrected chi connectivity index (χ2v) is 6.74. The molecule has 1 aliphatic rings. The van der Waals surface area contributed by atoms with Crippen LogP contribution < -0.4 is 10.4 Å². The van der Waals surface area contributed by atoms with Crippen molar-refractivity contribution >= 4 is 17.6 Å². The first-order valence-corrected chi connectivity index (χ1v) is 7.28. The molecule has 0 unspecified atom stereocenters. The predicted octanol–water partition coefficient (Wildman–Crippen LogP) is 2.13. The van der Waals surface area contributed by atoms with Gasteiger partial charge in [-0.25, -0.2) is 0 Å². The summed E-state index contributed by atoms with van der Waals surface area (Å²) in [6.07, 6.45) is 1.03. The van der Waals surface area contributed by atoms with Crippen LogP contribution in [-0.4, -0.2) is 11.9 Å². The van der Waals surface area contributed by atoms with Crippen LogP contribution in [-0.2, 0) is 9.59 Å². The molecule has 1 fully saturated rings. The summed E-state index contributed by atoms with van der Waals surface area (Å²) in [6, 6.07) is 7.57. The van der Waals surface area contributed by atoms with Crippen LogP contribution >= 0.6 is 0 Å². The second kappa shape index (κ2) is 5.17. The summed E-state index contributed by atoms with van der Waals surface area (Å²) in [6.45, 7) is 7.31. The third-order valence-corrected chi connectivity index (χ3v) is 5.40. The Hall–Kier alpha value is -1.84. The summed E-state index contributed by atoms with van der Waals surface area (Å²) in [5, 5.41) is 14.4. The topological polar surface area (TPSA) is 69.2 Å². The summed E-state index contributed by atoms with van der Waals surface area (Å²) >= 11 is 0. The number of anilines is 1. The Balaban J connectivity index is 2.22. The molecule has 1 saturated carbocycles. The number of hydrogen-bond donors (Lipinski definition) is 1. The van der Waals surface area contributed by atoms with Gasteiger partial charge in [-0.3, -0.25) is 4.79 Å². The smallest absolute Gasteiger partial charge is 0.228 e. The number of para-hydroxylation sites is 1. The normalized spacial score (nSPS) is 27.3. The average Bonchev–Trinajstić information content (AvgIpc) is 2.64. The van der Waals surface area contributed by atoms with E-state index in [1.165, 1.54) is 0 Å². The molecule has 114 valence electrons. The molecule has 21 heavy (non-hydrogen) atoms. The molecule has 4 nitrogen and oxygen atoms in total. The average molecular weight is 288 g/mol. The highest BCUT2D eigenvalue weighted by atomic mass is 16.4. The first-order chi connectivity index (χ1) is 9.70. The molecule has 2 atom stereocenters. The van der Waals surface area contributed by atoms with Crippen LogP contribution in [0.2, 0.25) is 0 Å².